The summed E-state index contributed by atoms with van der Waals surface area (Å²) in [4.78, 5) is 33.9. The van der Waals surface area contributed by atoms with Crippen molar-refractivity contribution in [3.05, 3.63) is 75.8 Å². The number of ketones is 1. The minimum absolute atomic E-state index is 0.0816. The van der Waals surface area contributed by atoms with Crippen molar-refractivity contribution in [1.29, 1.82) is 0 Å². The third-order valence-corrected chi connectivity index (χ3v) is 3.25. The summed E-state index contributed by atoms with van der Waals surface area (Å²) >= 11 is 0. The van der Waals surface area contributed by atoms with Crippen LogP contribution in [0.2, 0.25) is 0 Å². The highest BCUT2D eigenvalue weighted by atomic mass is 16.6. The van der Waals surface area contributed by atoms with Crippen molar-refractivity contribution in [2.45, 2.75) is 0 Å². The summed E-state index contributed by atoms with van der Waals surface area (Å²) in [6, 6.07) is 12.4. The Hall–Kier alpha value is -3.48. The number of para-hydroxylation sites is 1. The zero-order valence-electron chi connectivity index (χ0n) is 13.4. The quantitative estimate of drug-likeness (QED) is 0.252. The molecule has 2 aromatic carbocycles. The molecule has 0 N–H and O–H groups in total. The molecular formula is C18H15NO6. The fourth-order valence-corrected chi connectivity index (χ4v) is 2.04. The number of rotatable bonds is 7. The molecule has 2 rings (SSSR count). The van der Waals surface area contributed by atoms with Gasteiger partial charge >= 0.3 is 5.97 Å². The number of carbonyl (C=O) groups excluding carboxylic acids is 2. The molecule has 128 valence electrons. The van der Waals surface area contributed by atoms with Crippen LogP contribution in [-0.4, -0.2) is 30.4 Å². The second-order valence-electron chi connectivity index (χ2n) is 4.92. The largest absolute Gasteiger partial charge is 0.496 e. The van der Waals surface area contributed by atoms with Crippen LogP contribution in [0.4, 0.5) is 5.69 Å². The molecule has 0 fully saturated rings. The van der Waals surface area contributed by atoms with E-state index in [1.165, 1.54) is 31.4 Å². The Morgan fingerprint density at radius 2 is 1.92 bits per heavy atom. The van der Waals surface area contributed by atoms with Crippen LogP contribution in [0, 0.1) is 10.1 Å². The number of carbonyl (C=O) groups is 2. The van der Waals surface area contributed by atoms with Crippen molar-refractivity contribution in [3.8, 4) is 5.75 Å². The van der Waals surface area contributed by atoms with Crippen LogP contribution in [0.3, 0.4) is 0 Å². The third kappa shape index (κ3) is 5.00. The molecule has 0 saturated carbocycles. The lowest BCUT2D eigenvalue weighted by molar-refractivity contribution is -0.384. The molecule has 0 aliphatic carbocycles. The van der Waals surface area contributed by atoms with E-state index < -0.39 is 23.3 Å². The molecule has 0 saturated heterocycles. The van der Waals surface area contributed by atoms with E-state index in [1.54, 1.807) is 30.3 Å². The lowest BCUT2D eigenvalue weighted by atomic mass is 10.1. The highest BCUT2D eigenvalue weighted by molar-refractivity contribution is 6.01. The van der Waals surface area contributed by atoms with E-state index in [2.05, 4.69) is 0 Å². The van der Waals surface area contributed by atoms with Crippen LogP contribution in [0.1, 0.15) is 15.9 Å². The Labute approximate surface area is 143 Å². The van der Waals surface area contributed by atoms with Crippen molar-refractivity contribution in [2.75, 3.05) is 13.7 Å². The van der Waals surface area contributed by atoms with Gasteiger partial charge in [-0.25, -0.2) is 4.79 Å². The van der Waals surface area contributed by atoms with E-state index in [1.807, 2.05) is 0 Å². The number of Topliss-reactive ketones (excluding diaryl/α,β-unsaturated/α-hetero) is 1. The van der Waals surface area contributed by atoms with E-state index in [4.69, 9.17) is 9.47 Å². The van der Waals surface area contributed by atoms with Crippen molar-refractivity contribution in [2.24, 2.45) is 0 Å². The van der Waals surface area contributed by atoms with Crippen LogP contribution in [0.5, 0.6) is 5.75 Å². The second-order valence-corrected chi connectivity index (χ2v) is 4.92. The van der Waals surface area contributed by atoms with E-state index in [0.717, 1.165) is 6.08 Å². The molecule has 0 atom stereocenters. The minimum atomic E-state index is -0.727. The molecule has 0 aliphatic rings. The molecule has 0 aromatic heterocycles. The fraction of sp³-hybridized carbons (Fsp3) is 0.111. The van der Waals surface area contributed by atoms with E-state index >= 15 is 0 Å². The number of methoxy groups -OCH3 is 1. The number of nitrogens with zero attached hydrogens (tertiary/aromatic N) is 1. The van der Waals surface area contributed by atoms with Gasteiger partial charge in [0, 0.05) is 18.2 Å². The number of nitro groups is 1. The maximum Gasteiger partial charge on any atom is 0.331 e. The average molecular weight is 341 g/mol. The molecule has 0 aliphatic heterocycles. The van der Waals surface area contributed by atoms with Crippen molar-refractivity contribution in [1.82, 2.24) is 0 Å². The zero-order chi connectivity index (χ0) is 18.2. The smallest absolute Gasteiger partial charge is 0.331 e. The average Bonchev–Trinajstić information content (AvgIpc) is 2.64. The van der Waals surface area contributed by atoms with Crippen LogP contribution in [-0.2, 0) is 9.53 Å². The normalized spacial score (nSPS) is 10.4. The Morgan fingerprint density at radius 3 is 2.64 bits per heavy atom. The van der Waals surface area contributed by atoms with Crippen LogP contribution < -0.4 is 4.74 Å². The van der Waals surface area contributed by atoms with Gasteiger partial charge in [-0.1, -0.05) is 24.3 Å². The Bertz CT molecular complexity index is 828. The zero-order valence-corrected chi connectivity index (χ0v) is 13.4. The Kier molecular flexibility index (Phi) is 6.00. The van der Waals surface area contributed by atoms with Crippen LogP contribution >= 0.6 is 0 Å². The summed E-state index contributed by atoms with van der Waals surface area (Å²) in [5.41, 5.74) is 0.713. The summed E-state index contributed by atoms with van der Waals surface area (Å²) in [7, 11) is 1.44. The van der Waals surface area contributed by atoms with Gasteiger partial charge < -0.3 is 9.47 Å². The monoisotopic (exact) mass is 341 g/mol. The summed E-state index contributed by atoms with van der Waals surface area (Å²) < 4.78 is 9.97. The fourth-order valence-electron chi connectivity index (χ4n) is 2.04. The molecule has 0 unspecified atom stereocenters. The summed E-state index contributed by atoms with van der Waals surface area (Å²) in [6.07, 6.45) is 2.48. The molecule has 0 heterocycles. The Morgan fingerprint density at radius 1 is 1.16 bits per heavy atom. The second kappa shape index (κ2) is 8.39. The molecule has 0 amide bonds. The van der Waals surface area contributed by atoms with Gasteiger partial charge in [0.05, 0.1) is 17.6 Å². The molecular weight excluding hydrogens is 326 g/mol. The SMILES string of the molecule is COc1ccccc1C(=O)COC(=O)/C=C/c1cccc([N+](=O)[O-])c1. The first-order chi connectivity index (χ1) is 12.0. The first-order valence-electron chi connectivity index (χ1n) is 7.27. The van der Waals surface area contributed by atoms with Gasteiger partial charge in [0.15, 0.2) is 6.61 Å². The molecule has 25 heavy (non-hydrogen) atoms. The van der Waals surface area contributed by atoms with Crippen molar-refractivity contribution in [3.63, 3.8) is 0 Å². The molecule has 2 aromatic rings. The molecule has 0 radical (unpaired) electrons. The van der Waals surface area contributed by atoms with E-state index in [-0.39, 0.29) is 5.69 Å². The number of esters is 1. The van der Waals surface area contributed by atoms with Gasteiger partial charge in [0.1, 0.15) is 5.75 Å². The topological polar surface area (TPSA) is 95.7 Å². The van der Waals surface area contributed by atoms with Gasteiger partial charge in [0.2, 0.25) is 5.78 Å². The van der Waals surface area contributed by atoms with Gasteiger partial charge in [-0.2, -0.15) is 0 Å². The lowest BCUT2D eigenvalue weighted by Gasteiger charge is -2.07. The minimum Gasteiger partial charge on any atom is -0.496 e. The van der Waals surface area contributed by atoms with Crippen LogP contribution in [0.15, 0.2) is 54.6 Å². The first kappa shape index (κ1) is 17.9. The third-order valence-electron chi connectivity index (χ3n) is 3.25. The van der Waals surface area contributed by atoms with Gasteiger partial charge in [-0.15, -0.1) is 0 Å². The van der Waals surface area contributed by atoms with E-state index in [0.29, 0.717) is 16.9 Å². The molecule has 0 bridgehead atoms. The summed E-state index contributed by atoms with van der Waals surface area (Å²) in [5.74, 6) is -0.722. The van der Waals surface area contributed by atoms with Crippen LogP contribution in [0.25, 0.3) is 6.08 Å². The highest BCUT2D eigenvalue weighted by Gasteiger charge is 2.13. The number of hydrogen-bond donors (Lipinski definition) is 0. The van der Waals surface area contributed by atoms with Gasteiger partial charge in [-0.3, -0.25) is 14.9 Å². The predicted molar refractivity (Wildman–Crippen MR) is 90.4 cm³/mol. The first-order valence-corrected chi connectivity index (χ1v) is 7.27. The van der Waals surface area contributed by atoms with E-state index in [9.17, 15) is 19.7 Å². The van der Waals surface area contributed by atoms with Gasteiger partial charge in [-0.05, 0) is 23.8 Å². The molecule has 7 heteroatoms. The Balaban J connectivity index is 1.95. The predicted octanol–water partition coefficient (Wildman–Crippen LogP) is 3.04. The number of nitro benzene ring substituents is 1. The molecule has 7 nitrogen and oxygen atoms in total. The van der Waals surface area contributed by atoms with Crippen molar-refractivity contribution < 1.29 is 24.0 Å². The lowest BCUT2D eigenvalue weighted by Crippen LogP contribution is -2.13. The summed E-state index contributed by atoms with van der Waals surface area (Å²) in [6.45, 7) is -0.432. The number of ether oxygens (including phenoxy) is 2. The number of benzene rings is 2. The highest BCUT2D eigenvalue weighted by Crippen LogP contribution is 2.18. The molecule has 0 spiro atoms. The standard InChI is InChI=1S/C18H15NO6/c1-24-17-8-3-2-7-15(17)16(20)12-25-18(21)10-9-13-5-4-6-14(11-13)19(22)23/h2-11H,12H2,1H3/b10-9+. The number of non-ortho nitro benzene ring substituents is 1. The number of hydrogen-bond acceptors (Lipinski definition) is 6. The maximum atomic E-state index is 12.1. The van der Waals surface area contributed by atoms with Gasteiger partial charge in [0.25, 0.3) is 5.69 Å². The van der Waals surface area contributed by atoms with Crippen molar-refractivity contribution >= 4 is 23.5 Å². The maximum absolute atomic E-state index is 12.1. The summed E-state index contributed by atoms with van der Waals surface area (Å²) in [5, 5.41) is 10.7.